The number of carbonyl (C=O) groups is 3. The molecule has 0 aromatic carbocycles. The molecule has 1 aromatic heterocycles. The van der Waals surface area contributed by atoms with Crippen molar-refractivity contribution >= 4 is 28.9 Å². The third kappa shape index (κ3) is 2.71. The highest BCUT2D eigenvalue weighted by atomic mass is 32.1. The fourth-order valence-electron chi connectivity index (χ4n) is 4.40. The van der Waals surface area contributed by atoms with Crippen molar-refractivity contribution in [3.63, 3.8) is 0 Å². The molecule has 3 aliphatic rings. The van der Waals surface area contributed by atoms with Crippen LogP contribution in [0.5, 0.6) is 0 Å². The molecule has 25 heavy (non-hydrogen) atoms. The van der Waals surface area contributed by atoms with E-state index in [4.69, 9.17) is 5.11 Å². The van der Waals surface area contributed by atoms with Crippen LogP contribution in [-0.4, -0.2) is 22.6 Å². The van der Waals surface area contributed by atoms with Crippen molar-refractivity contribution < 1.29 is 19.5 Å². The smallest absolute Gasteiger partial charge is 0.335 e. The van der Waals surface area contributed by atoms with Crippen LogP contribution in [0.25, 0.3) is 0 Å². The molecule has 3 atom stereocenters. The molecule has 4 nitrogen and oxygen atoms in total. The van der Waals surface area contributed by atoms with Gasteiger partial charge in [0.1, 0.15) is 5.92 Å². The van der Waals surface area contributed by atoms with Gasteiger partial charge in [-0.25, -0.2) is 4.79 Å². The molecule has 0 radical (unpaired) electrons. The van der Waals surface area contributed by atoms with E-state index in [0.29, 0.717) is 12.0 Å². The Bertz CT molecular complexity index is 807. The predicted octanol–water partition coefficient (Wildman–Crippen LogP) is 3.76. The lowest BCUT2D eigenvalue weighted by Gasteiger charge is -2.25. The molecule has 3 aliphatic carbocycles. The molecular weight excluding hydrogens is 336 g/mol. The summed E-state index contributed by atoms with van der Waals surface area (Å²) >= 11 is 1.62. The minimum Gasteiger partial charge on any atom is -0.478 e. The highest BCUT2D eigenvalue weighted by Crippen LogP contribution is 2.46. The van der Waals surface area contributed by atoms with Crippen molar-refractivity contribution in [2.24, 2.45) is 11.8 Å². The monoisotopic (exact) mass is 356 g/mol. The number of carboxylic acid groups (broad SMARTS) is 1. The second-order valence-corrected chi connectivity index (χ2v) is 8.56. The van der Waals surface area contributed by atoms with Gasteiger partial charge in [0.2, 0.25) is 0 Å². The Kier molecular flexibility index (Phi) is 3.99. The third-order valence-electron chi connectivity index (χ3n) is 5.80. The summed E-state index contributed by atoms with van der Waals surface area (Å²) in [6, 6.07) is 2.01. The molecule has 2 bridgehead atoms. The van der Waals surface area contributed by atoms with E-state index in [9.17, 15) is 14.4 Å². The zero-order valence-corrected chi connectivity index (χ0v) is 14.8. The van der Waals surface area contributed by atoms with E-state index in [1.807, 2.05) is 19.1 Å². The van der Waals surface area contributed by atoms with Crippen LogP contribution in [0.15, 0.2) is 29.9 Å². The number of Topliss-reactive ketones (excluding diaryl/α,β-unsaturated/α-hetero) is 2. The summed E-state index contributed by atoms with van der Waals surface area (Å²) in [5.41, 5.74) is 1.20. The zero-order chi connectivity index (χ0) is 17.7. The lowest BCUT2D eigenvalue weighted by Crippen LogP contribution is -2.34. The first kappa shape index (κ1) is 16.5. The Morgan fingerprint density at radius 3 is 2.44 bits per heavy atom. The Morgan fingerprint density at radius 2 is 1.88 bits per heavy atom. The van der Waals surface area contributed by atoms with Crippen molar-refractivity contribution in [3.8, 4) is 0 Å². The number of carbonyl (C=O) groups excluding carboxylic acids is 2. The van der Waals surface area contributed by atoms with Crippen LogP contribution in [0, 0.1) is 18.8 Å². The van der Waals surface area contributed by atoms with Gasteiger partial charge in [0, 0.05) is 27.5 Å². The molecule has 0 aliphatic heterocycles. The second kappa shape index (κ2) is 6.06. The van der Waals surface area contributed by atoms with Gasteiger partial charge >= 0.3 is 5.97 Å². The van der Waals surface area contributed by atoms with E-state index in [2.05, 4.69) is 0 Å². The van der Waals surface area contributed by atoms with Crippen LogP contribution >= 0.6 is 11.3 Å². The maximum atomic E-state index is 12.7. The van der Waals surface area contributed by atoms with Gasteiger partial charge < -0.3 is 5.11 Å². The summed E-state index contributed by atoms with van der Waals surface area (Å²) in [4.78, 5) is 38.6. The second-order valence-electron chi connectivity index (χ2n) is 7.27. The number of aliphatic carboxylic acids is 1. The van der Waals surface area contributed by atoms with E-state index in [-0.39, 0.29) is 29.3 Å². The van der Waals surface area contributed by atoms with Crippen molar-refractivity contribution in [3.05, 3.63) is 45.2 Å². The zero-order valence-electron chi connectivity index (χ0n) is 14.0. The molecular formula is C20H20O4S. The number of fused-ring (bicyclic) bond motifs is 2. The van der Waals surface area contributed by atoms with E-state index < -0.39 is 11.9 Å². The molecule has 0 saturated heterocycles. The molecule has 1 aromatic rings. The molecule has 1 unspecified atom stereocenters. The van der Waals surface area contributed by atoms with Gasteiger partial charge in [-0.05, 0) is 44.2 Å². The van der Waals surface area contributed by atoms with E-state index in [0.717, 1.165) is 34.6 Å². The predicted molar refractivity (Wildman–Crippen MR) is 94.9 cm³/mol. The minimum atomic E-state index is -0.911. The first-order valence-electron chi connectivity index (χ1n) is 8.75. The first-order valence-corrected chi connectivity index (χ1v) is 9.56. The molecule has 130 valence electrons. The van der Waals surface area contributed by atoms with Crippen LogP contribution in [0.4, 0.5) is 0 Å². The van der Waals surface area contributed by atoms with Gasteiger partial charge in [0.15, 0.2) is 11.6 Å². The number of hydrogen-bond donors (Lipinski definition) is 1. The van der Waals surface area contributed by atoms with Gasteiger partial charge in [-0.1, -0.05) is 18.2 Å². The first-order chi connectivity index (χ1) is 12.0. The lowest BCUT2D eigenvalue weighted by molar-refractivity contribution is -0.136. The number of carboxylic acids is 1. The van der Waals surface area contributed by atoms with E-state index >= 15 is 0 Å². The third-order valence-corrected chi connectivity index (χ3v) is 7.00. The quantitative estimate of drug-likeness (QED) is 0.837. The standard InChI is InChI=1S/C20H20O4S/c1-10-15(17-18(21)13-6-7-14(8-13)19(17)22)9-16(25-10)11-2-4-12(5-3-11)20(23)24/h2,4-5,9,11,13-14,17H,3,6-8H2,1H3,(H,23,24)/t11?,13-,14-/m1/s1. The van der Waals surface area contributed by atoms with Crippen LogP contribution in [-0.2, 0) is 14.4 Å². The topological polar surface area (TPSA) is 71.4 Å². The van der Waals surface area contributed by atoms with E-state index in [1.165, 1.54) is 0 Å². The minimum absolute atomic E-state index is 0.0612. The van der Waals surface area contributed by atoms with Crippen molar-refractivity contribution in [1.29, 1.82) is 0 Å². The summed E-state index contributed by atoms with van der Waals surface area (Å²) < 4.78 is 0. The Morgan fingerprint density at radius 1 is 1.20 bits per heavy atom. The largest absolute Gasteiger partial charge is 0.478 e. The SMILES string of the molecule is Cc1sc(C2C=CC(C(=O)O)=CC2)cc1C1C(=O)[C@@H]2CC[C@H](C2)C1=O. The van der Waals surface area contributed by atoms with Gasteiger partial charge in [-0.3, -0.25) is 9.59 Å². The summed E-state index contributed by atoms with van der Waals surface area (Å²) in [6.45, 7) is 1.98. The maximum absolute atomic E-state index is 12.7. The van der Waals surface area contributed by atoms with Gasteiger partial charge in [-0.15, -0.1) is 11.3 Å². The Balaban J connectivity index is 1.61. The summed E-state index contributed by atoms with van der Waals surface area (Å²) in [5.74, 6) is -1.03. The summed E-state index contributed by atoms with van der Waals surface area (Å²) in [5, 5.41) is 9.04. The van der Waals surface area contributed by atoms with Gasteiger partial charge in [-0.2, -0.15) is 0 Å². The van der Waals surface area contributed by atoms with Crippen molar-refractivity contribution in [2.45, 2.75) is 44.4 Å². The highest BCUT2D eigenvalue weighted by Gasteiger charge is 2.48. The normalized spacial score (nSPS) is 31.3. The van der Waals surface area contributed by atoms with Crippen LogP contribution < -0.4 is 0 Å². The number of thiophene rings is 1. The number of aryl methyl sites for hydroxylation is 1. The molecule has 1 N–H and O–H groups in total. The molecule has 1 heterocycles. The van der Waals surface area contributed by atoms with Crippen molar-refractivity contribution in [1.82, 2.24) is 0 Å². The summed E-state index contributed by atoms with van der Waals surface area (Å²) in [7, 11) is 0. The molecule has 2 fully saturated rings. The molecule has 0 amide bonds. The number of ketones is 2. The Labute approximate surface area is 150 Å². The highest BCUT2D eigenvalue weighted by molar-refractivity contribution is 7.12. The average molecular weight is 356 g/mol. The van der Waals surface area contributed by atoms with Crippen molar-refractivity contribution in [2.75, 3.05) is 0 Å². The molecule has 4 rings (SSSR count). The van der Waals surface area contributed by atoms with Gasteiger partial charge in [0.05, 0.1) is 5.57 Å². The Hall–Kier alpha value is -2.01. The fraction of sp³-hybridized carbons (Fsp3) is 0.450. The fourth-order valence-corrected chi connectivity index (χ4v) is 5.56. The number of allylic oxidation sites excluding steroid dienone is 2. The molecule has 0 spiro atoms. The number of hydrogen-bond acceptors (Lipinski definition) is 4. The van der Waals surface area contributed by atoms with Gasteiger partial charge in [0.25, 0.3) is 0 Å². The molecule has 5 heteroatoms. The maximum Gasteiger partial charge on any atom is 0.335 e. The van der Waals surface area contributed by atoms with Crippen LogP contribution in [0.1, 0.15) is 52.8 Å². The van der Waals surface area contributed by atoms with Crippen LogP contribution in [0.3, 0.4) is 0 Å². The lowest BCUT2D eigenvalue weighted by atomic mass is 9.75. The average Bonchev–Trinajstić information content (AvgIpc) is 3.20. The molecule has 2 saturated carbocycles. The van der Waals surface area contributed by atoms with E-state index in [1.54, 1.807) is 23.5 Å². The summed E-state index contributed by atoms with van der Waals surface area (Å²) in [6.07, 6.45) is 8.38. The van der Waals surface area contributed by atoms with Crippen LogP contribution in [0.2, 0.25) is 0 Å². The number of rotatable bonds is 3.